The SMILES string of the molecule is O=C(OCC#CCSc1nnc(-c2ccccc2)o1)c1ccccc1Cl. The highest BCUT2D eigenvalue weighted by atomic mass is 35.5. The third-order valence-electron chi connectivity index (χ3n) is 3.19. The van der Waals surface area contributed by atoms with Crippen LogP contribution in [-0.2, 0) is 4.74 Å². The van der Waals surface area contributed by atoms with Crippen LogP contribution in [0, 0.1) is 11.8 Å². The van der Waals surface area contributed by atoms with Gasteiger partial charge in [0.05, 0.1) is 16.3 Å². The van der Waals surface area contributed by atoms with Gasteiger partial charge in [-0.05, 0) is 24.3 Å². The summed E-state index contributed by atoms with van der Waals surface area (Å²) in [5.41, 5.74) is 1.19. The first-order chi connectivity index (χ1) is 12.7. The van der Waals surface area contributed by atoms with Crippen LogP contribution in [-0.4, -0.2) is 28.5 Å². The van der Waals surface area contributed by atoms with Crippen LogP contribution in [0.5, 0.6) is 0 Å². The molecule has 2 aromatic carbocycles. The van der Waals surface area contributed by atoms with Gasteiger partial charge in [-0.1, -0.05) is 65.5 Å². The Bertz CT molecular complexity index is 948. The molecule has 0 bridgehead atoms. The molecule has 0 aliphatic carbocycles. The van der Waals surface area contributed by atoms with E-state index in [1.165, 1.54) is 11.8 Å². The second kappa shape index (κ2) is 9.09. The molecule has 0 spiro atoms. The van der Waals surface area contributed by atoms with Crippen LogP contribution in [0.2, 0.25) is 5.02 Å². The van der Waals surface area contributed by atoms with Gasteiger partial charge in [0.1, 0.15) is 0 Å². The van der Waals surface area contributed by atoms with Crippen LogP contribution in [0.1, 0.15) is 10.4 Å². The molecular formula is C19H13ClN2O3S. The molecule has 26 heavy (non-hydrogen) atoms. The fourth-order valence-corrected chi connectivity index (χ4v) is 2.72. The predicted molar refractivity (Wildman–Crippen MR) is 100.0 cm³/mol. The van der Waals surface area contributed by atoms with Crippen molar-refractivity contribution in [3.05, 3.63) is 65.2 Å². The highest BCUT2D eigenvalue weighted by Crippen LogP contribution is 2.22. The van der Waals surface area contributed by atoms with Crippen molar-refractivity contribution in [2.75, 3.05) is 12.4 Å². The number of ether oxygens (including phenoxy) is 1. The van der Waals surface area contributed by atoms with Gasteiger partial charge in [0.2, 0.25) is 5.89 Å². The van der Waals surface area contributed by atoms with E-state index in [0.29, 0.717) is 27.5 Å². The van der Waals surface area contributed by atoms with E-state index in [-0.39, 0.29) is 6.61 Å². The van der Waals surface area contributed by atoms with Crippen molar-refractivity contribution < 1.29 is 13.9 Å². The number of thioether (sulfide) groups is 1. The van der Waals surface area contributed by atoms with E-state index < -0.39 is 5.97 Å². The Hall–Kier alpha value is -2.75. The third kappa shape index (κ3) is 4.88. The molecule has 0 radical (unpaired) electrons. The molecule has 130 valence electrons. The van der Waals surface area contributed by atoms with Gasteiger partial charge >= 0.3 is 5.97 Å². The van der Waals surface area contributed by atoms with E-state index in [0.717, 1.165) is 5.56 Å². The van der Waals surface area contributed by atoms with E-state index in [2.05, 4.69) is 22.0 Å². The lowest BCUT2D eigenvalue weighted by molar-refractivity contribution is 0.0557. The largest absolute Gasteiger partial charge is 0.449 e. The molecular weight excluding hydrogens is 372 g/mol. The monoisotopic (exact) mass is 384 g/mol. The van der Waals surface area contributed by atoms with Crippen molar-refractivity contribution in [2.45, 2.75) is 5.22 Å². The Balaban J connectivity index is 1.44. The van der Waals surface area contributed by atoms with Gasteiger partial charge in [0.15, 0.2) is 6.61 Å². The molecule has 0 N–H and O–H groups in total. The number of rotatable bonds is 5. The van der Waals surface area contributed by atoms with Crippen molar-refractivity contribution in [2.24, 2.45) is 0 Å². The number of benzene rings is 2. The Morgan fingerprint density at radius 3 is 2.65 bits per heavy atom. The molecule has 0 saturated carbocycles. The first-order valence-corrected chi connectivity index (χ1v) is 8.99. The number of carbonyl (C=O) groups excluding carboxylic acids is 1. The van der Waals surface area contributed by atoms with Gasteiger partial charge in [0, 0.05) is 5.56 Å². The fourth-order valence-electron chi connectivity index (χ4n) is 1.97. The average molecular weight is 385 g/mol. The van der Waals surface area contributed by atoms with E-state index in [9.17, 15) is 4.79 Å². The lowest BCUT2D eigenvalue weighted by Crippen LogP contribution is -2.05. The minimum Gasteiger partial charge on any atom is -0.449 e. The lowest BCUT2D eigenvalue weighted by Gasteiger charge is -2.02. The van der Waals surface area contributed by atoms with Gasteiger partial charge in [-0.3, -0.25) is 0 Å². The summed E-state index contributed by atoms with van der Waals surface area (Å²) in [6.07, 6.45) is 0. The lowest BCUT2D eigenvalue weighted by atomic mass is 10.2. The van der Waals surface area contributed by atoms with E-state index in [4.69, 9.17) is 20.8 Å². The highest BCUT2D eigenvalue weighted by molar-refractivity contribution is 7.99. The smallest absolute Gasteiger partial charge is 0.340 e. The standard InChI is InChI=1S/C19H13ClN2O3S/c20-16-11-5-4-10-15(16)18(23)24-12-6-7-13-26-19-22-21-17(25-19)14-8-2-1-3-9-14/h1-5,8-11H,12-13H2. The average Bonchev–Trinajstić information content (AvgIpc) is 3.14. The number of carbonyl (C=O) groups is 1. The van der Waals surface area contributed by atoms with E-state index in [1.807, 2.05) is 30.3 Å². The van der Waals surface area contributed by atoms with Crippen LogP contribution in [0.4, 0.5) is 0 Å². The van der Waals surface area contributed by atoms with Crippen LogP contribution in [0.15, 0.2) is 64.2 Å². The first kappa shape index (κ1) is 18.1. The molecule has 5 nitrogen and oxygen atoms in total. The van der Waals surface area contributed by atoms with E-state index >= 15 is 0 Å². The summed E-state index contributed by atoms with van der Waals surface area (Å²) in [5, 5.41) is 8.76. The molecule has 0 amide bonds. The highest BCUT2D eigenvalue weighted by Gasteiger charge is 2.10. The number of esters is 1. The minimum atomic E-state index is -0.498. The second-order valence-electron chi connectivity index (χ2n) is 4.94. The summed E-state index contributed by atoms with van der Waals surface area (Å²) >= 11 is 7.25. The molecule has 3 aromatic rings. The molecule has 3 rings (SSSR count). The Morgan fingerprint density at radius 1 is 1.08 bits per heavy atom. The second-order valence-corrected chi connectivity index (χ2v) is 6.27. The third-order valence-corrected chi connectivity index (χ3v) is 4.22. The van der Waals surface area contributed by atoms with E-state index in [1.54, 1.807) is 24.3 Å². The van der Waals surface area contributed by atoms with Crippen molar-refractivity contribution in [1.29, 1.82) is 0 Å². The molecule has 0 saturated heterocycles. The number of aromatic nitrogens is 2. The molecule has 0 atom stereocenters. The Labute approximate surface area is 159 Å². The first-order valence-electron chi connectivity index (χ1n) is 7.63. The topological polar surface area (TPSA) is 65.2 Å². The fraction of sp³-hybridized carbons (Fsp3) is 0.105. The van der Waals surface area contributed by atoms with Crippen molar-refractivity contribution in [3.8, 4) is 23.3 Å². The maximum atomic E-state index is 11.8. The van der Waals surface area contributed by atoms with Crippen LogP contribution in [0.3, 0.4) is 0 Å². The number of halogens is 1. The maximum absolute atomic E-state index is 11.8. The molecule has 0 unspecified atom stereocenters. The van der Waals surface area contributed by atoms with Crippen molar-refractivity contribution in [1.82, 2.24) is 10.2 Å². The molecule has 0 fully saturated rings. The molecule has 1 aromatic heterocycles. The van der Waals surface area contributed by atoms with Crippen LogP contribution in [0.25, 0.3) is 11.5 Å². The quantitative estimate of drug-likeness (QED) is 0.370. The summed E-state index contributed by atoms with van der Waals surface area (Å²) in [4.78, 5) is 11.8. The van der Waals surface area contributed by atoms with Gasteiger partial charge in [-0.2, -0.15) is 0 Å². The zero-order valence-electron chi connectivity index (χ0n) is 13.5. The van der Waals surface area contributed by atoms with Gasteiger partial charge in [-0.15, -0.1) is 10.2 Å². The Kier molecular flexibility index (Phi) is 6.31. The van der Waals surface area contributed by atoms with Crippen molar-refractivity contribution >= 4 is 29.3 Å². The van der Waals surface area contributed by atoms with Crippen molar-refractivity contribution in [3.63, 3.8) is 0 Å². The molecule has 7 heteroatoms. The normalized spacial score (nSPS) is 10.0. The summed E-state index contributed by atoms with van der Waals surface area (Å²) in [6, 6.07) is 16.2. The zero-order chi connectivity index (χ0) is 18.2. The predicted octanol–water partition coefficient (Wildman–Crippen LogP) is 4.34. The van der Waals surface area contributed by atoms with Gasteiger partial charge in [-0.25, -0.2) is 4.79 Å². The summed E-state index contributed by atoms with van der Waals surface area (Å²) in [6.45, 7) is -0.0102. The zero-order valence-corrected chi connectivity index (χ0v) is 15.1. The Morgan fingerprint density at radius 2 is 1.85 bits per heavy atom. The number of hydrogen-bond acceptors (Lipinski definition) is 6. The van der Waals surface area contributed by atoms with Gasteiger partial charge < -0.3 is 9.15 Å². The number of nitrogens with zero attached hydrogens (tertiary/aromatic N) is 2. The van der Waals surface area contributed by atoms with Gasteiger partial charge in [0.25, 0.3) is 5.22 Å². The molecule has 0 aliphatic heterocycles. The van der Waals surface area contributed by atoms with Crippen LogP contribution < -0.4 is 0 Å². The van der Waals surface area contributed by atoms with Crippen LogP contribution >= 0.6 is 23.4 Å². The summed E-state index contributed by atoms with van der Waals surface area (Å²) < 4.78 is 10.6. The molecule has 0 aliphatic rings. The summed E-state index contributed by atoms with van der Waals surface area (Å²) in [5.74, 6) is 6.06. The summed E-state index contributed by atoms with van der Waals surface area (Å²) in [7, 11) is 0. The maximum Gasteiger partial charge on any atom is 0.340 e. The molecule has 1 heterocycles. The number of hydrogen-bond donors (Lipinski definition) is 0. The minimum absolute atomic E-state index is 0.0102.